The van der Waals surface area contributed by atoms with Gasteiger partial charge in [-0.2, -0.15) is 0 Å². The zero-order valence-electron chi connectivity index (χ0n) is 12.0. The summed E-state index contributed by atoms with van der Waals surface area (Å²) < 4.78 is 0. The Morgan fingerprint density at radius 1 is 1.24 bits per heavy atom. The number of aliphatic carboxylic acids is 1. The van der Waals surface area contributed by atoms with Crippen molar-refractivity contribution < 1.29 is 19.5 Å². The van der Waals surface area contributed by atoms with Gasteiger partial charge in [-0.3, -0.25) is 14.4 Å². The molecule has 2 rings (SSSR count). The third-order valence-electron chi connectivity index (χ3n) is 4.04. The lowest BCUT2D eigenvalue weighted by Gasteiger charge is -2.25. The van der Waals surface area contributed by atoms with Crippen molar-refractivity contribution in [3.05, 3.63) is 0 Å². The molecule has 7 heteroatoms. The first-order valence-corrected chi connectivity index (χ1v) is 8.63. The fourth-order valence-electron chi connectivity index (χ4n) is 2.85. The molecule has 0 aromatic rings. The second-order valence-corrected chi connectivity index (χ2v) is 6.59. The summed E-state index contributed by atoms with van der Waals surface area (Å²) in [5, 5.41) is 11.3. The van der Waals surface area contributed by atoms with Crippen molar-refractivity contribution in [2.75, 3.05) is 18.2 Å². The number of hydrogen-bond acceptors (Lipinski definition) is 4. The van der Waals surface area contributed by atoms with Crippen molar-refractivity contribution in [3.8, 4) is 0 Å². The van der Waals surface area contributed by atoms with Crippen LogP contribution >= 0.6 is 11.8 Å². The van der Waals surface area contributed by atoms with E-state index in [1.54, 1.807) is 16.7 Å². The van der Waals surface area contributed by atoms with E-state index in [0.717, 1.165) is 25.7 Å². The molecular weight excluding hydrogens is 292 g/mol. The molecule has 118 valence electrons. The van der Waals surface area contributed by atoms with E-state index in [-0.39, 0.29) is 24.2 Å². The predicted octanol–water partition coefficient (Wildman–Crippen LogP) is 1.06. The number of carboxylic acids is 1. The third kappa shape index (κ3) is 4.36. The Morgan fingerprint density at radius 3 is 2.62 bits per heavy atom. The maximum Gasteiger partial charge on any atom is 0.303 e. The number of nitrogens with one attached hydrogen (secondary N) is 1. The number of hydrogen-bond donors (Lipinski definition) is 2. The van der Waals surface area contributed by atoms with Crippen molar-refractivity contribution in [1.82, 2.24) is 10.2 Å². The van der Waals surface area contributed by atoms with E-state index in [4.69, 9.17) is 5.11 Å². The highest BCUT2D eigenvalue weighted by atomic mass is 32.2. The minimum atomic E-state index is -0.862. The van der Waals surface area contributed by atoms with Gasteiger partial charge in [-0.1, -0.05) is 12.8 Å². The van der Waals surface area contributed by atoms with Crippen LogP contribution in [0.15, 0.2) is 0 Å². The van der Waals surface area contributed by atoms with Gasteiger partial charge in [0.05, 0.1) is 5.88 Å². The van der Waals surface area contributed by atoms with Crippen LogP contribution < -0.4 is 5.32 Å². The second kappa shape index (κ2) is 7.68. The van der Waals surface area contributed by atoms with E-state index < -0.39 is 12.0 Å². The highest BCUT2D eigenvalue weighted by Gasteiger charge is 2.38. The summed E-state index contributed by atoms with van der Waals surface area (Å²) in [4.78, 5) is 36.7. The van der Waals surface area contributed by atoms with Gasteiger partial charge < -0.3 is 15.3 Å². The SMILES string of the molecule is O=C(O)CCCNC(=O)C1CSCN1C(=O)C1CCCC1. The summed E-state index contributed by atoms with van der Waals surface area (Å²) in [5.74, 6) is 0.399. The Kier molecular flexibility index (Phi) is 5.90. The van der Waals surface area contributed by atoms with Crippen molar-refractivity contribution >= 4 is 29.5 Å². The molecule has 1 saturated carbocycles. The van der Waals surface area contributed by atoms with Crippen LogP contribution in [-0.2, 0) is 14.4 Å². The van der Waals surface area contributed by atoms with Crippen LogP contribution in [0.2, 0.25) is 0 Å². The van der Waals surface area contributed by atoms with Crippen LogP contribution in [0.25, 0.3) is 0 Å². The number of thioether (sulfide) groups is 1. The number of nitrogens with zero attached hydrogens (tertiary/aromatic N) is 1. The lowest BCUT2D eigenvalue weighted by atomic mass is 10.1. The van der Waals surface area contributed by atoms with Crippen molar-refractivity contribution in [2.24, 2.45) is 5.92 Å². The summed E-state index contributed by atoms with van der Waals surface area (Å²) in [6.07, 6.45) is 4.54. The van der Waals surface area contributed by atoms with Crippen LogP contribution in [0, 0.1) is 5.92 Å². The summed E-state index contributed by atoms with van der Waals surface area (Å²) in [6.45, 7) is 0.345. The van der Waals surface area contributed by atoms with Crippen LogP contribution in [-0.4, -0.2) is 52.0 Å². The molecule has 2 fully saturated rings. The molecule has 1 unspecified atom stereocenters. The fraction of sp³-hybridized carbons (Fsp3) is 0.786. The number of amides is 2. The topological polar surface area (TPSA) is 86.7 Å². The van der Waals surface area contributed by atoms with E-state index in [1.807, 2.05) is 0 Å². The lowest BCUT2D eigenvalue weighted by molar-refractivity contribution is -0.141. The number of carbonyl (C=O) groups is 3. The van der Waals surface area contributed by atoms with E-state index in [1.165, 1.54) is 0 Å². The fourth-order valence-corrected chi connectivity index (χ4v) is 4.02. The van der Waals surface area contributed by atoms with Crippen molar-refractivity contribution in [2.45, 2.75) is 44.6 Å². The van der Waals surface area contributed by atoms with Gasteiger partial charge in [-0.05, 0) is 19.3 Å². The van der Waals surface area contributed by atoms with Gasteiger partial charge in [0.2, 0.25) is 11.8 Å². The van der Waals surface area contributed by atoms with Crippen LogP contribution in [0.1, 0.15) is 38.5 Å². The Morgan fingerprint density at radius 2 is 1.95 bits per heavy atom. The minimum Gasteiger partial charge on any atom is -0.481 e. The molecule has 0 aromatic heterocycles. The standard InChI is InChI=1S/C14H22N2O4S/c17-12(18)6-3-7-15-13(19)11-8-21-9-16(11)14(20)10-4-1-2-5-10/h10-11H,1-9H2,(H,15,19)(H,17,18). The average Bonchev–Trinajstić information content (AvgIpc) is 3.12. The van der Waals surface area contributed by atoms with Crippen molar-refractivity contribution in [3.63, 3.8) is 0 Å². The maximum atomic E-state index is 12.4. The minimum absolute atomic E-state index is 0.0460. The quantitative estimate of drug-likeness (QED) is 0.716. The summed E-state index contributed by atoms with van der Waals surface area (Å²) in [5.41, 5.74) is 0. The molecule has 2 amide bonds. The molecule has 1 aliphatic heterocycles. The monoisotopic (exact) mass is 314 g/mol. The predicted molar refractivity (Wildman–Crippen MR) is 79.8 cm³/mol. The van der Waals surface area contributed by atoms with E-state index in [0.29, 0.717) is 24.6 Å². The van der Waals surface area contributed by atoms with Gasteiger partial charge in [-0.25, -0.2) is 0 Å². The second-order valence-electron chi connectivity index (χ2n) is 5.59. The van der Waals surface area contributed by atoms with Gasteiger partial charge in [0.1, 0.15) is 6.04 Å². The first-order valence-electron chi connectivity index (χ1n) is 7.47. The zero-order chi connectivity index (χ0) is 15.2. The van der Waals surface area contributed by atoms with Crippen LogP contribution in [0.4, 0.5) is 0 Å². The first-order chi connectivity index (χ1) is 10.1. The highest BCUT2D eigenvalue weighted by molar-refractivity contribution is 7.99. The molecule has 6 nitrogen and oxygen atoms in total. The maximum absolute atomic E-state index is 12.4. The van der Waals surface area contributed by atoms with Crippen LogP contribution in [0.3, 0.4) is 0 Å². The number of rotatable bonds is 6. The number of carbonyl (C=O) groups excluding carboxylic acids is 2. The molecule has 0 aromatic carbocycles. The van der Waals surface area contributed by atoms with Crippen molar-refractivity contribution in [1.29, 1.82) is 0 Å². The van der Waals surface area contributed by atoms with Gasteiger partial charge in [0.25, 0.3) is 0 Å². The molecular formula is C14H22N2O4S. The lowest BCUT2D eigenvalue weighted by Crippen LogP contribution is -2.49. The molecule has 0 spiro atoms. The first kappa shape index (κ1) is 16.1. The van der Waals surface area contributed by atoms with Gasteiger partial charge in [0, 0.05) is 24.6 Å². The average molecular weight is 314 g/mol. The largest absolute Gasteiger partial charge is 0.481 e. The van der Waals surface area contributed by atoms with Gasteiger partial charge in [0.15, 0.2) is 0 Å². The van der Waals surface area contributed by atoms with E-state index in [9.17, 15) is 14.4 Å². The van der Waals surface area contributed by atoms with Crippen LogP contribution in [0.5, 0.6) is 0 Å². The normalized spacial score (nSPS) is 22.5. The molecule has 1 atom stereocenters. The Hall–Kier alpha value is -1.24. The molecule has 1 aliphatic carbocycles. The Labute approximate surface area is 128 Å². The molecule has 1 saturated heterocycles. The van der Waals surface area contributed by atoms with Gasteiger partial charge >= 0.3 is 5.97 Å². The highest BCUT2D eigenvalue weighted by Crippen LogP contribution is 2.30. The molecule has 0 bridgehead atoms. The number of carboxylic acid groups (broad SMARTS) is 1. The zero-order valence-corrected chi connectivity index (χ0v) is 12.9. The Bertz CT molecular complexity index is 410. The Balaban J connectivity index is 1.81. The van der Waals surface area contributed by atoms with Gasteiger partial charge in [-0.15, -0.1) is 11.8 Å². The smallest absolute Gasteiger partial charge is 0.303 e. The molecule has 2 aliphatic rings. The molecule has 0 radical (unpaired) electrons. The summed E-state index contributed by atoms with van der Waals surface area (Å²) in [7, 11) is 0. The molecule has 21 heavy (non-hydrogen) atoms. The third-order valence-corrected chi connectivity index (χ3v) is 5.05. The summed E-state index contributed by atoms with van der Waals surface area (Å²) >= 11 is 1.60. The summed E-state index contributed by atoms with van der Waals surface area (Å²) in [6, 6.07) is -0.395. The van der Waals surface area contributed by atoms with E-state index >= 15 is 0 Å². The van der Waals surface area contributed by atoms with E-state index in [2.05, 4.69) is 5.32 Å². The molecule has 2 N–H and O–H groups in total. The molecule has 1 heterocycles.